The van der Waals surface area contributed by atoms with Crippen LogP contribution in [0.3, 0.4) is 0 Å². The van der Waals surface area contributed by atoms with Gasteiger partial charge in [-0.1, -0.05) is 33.6 Å². The number of benzene rings is 1. The lowest BCUT2D eigenvalue weighted by molar-refractivity contribution is -0.138. The van der Waals surface area contributed by atoms with Crippen molar-refractivity contribution in [2.45, 2.75) is 42.8 Å². The van der Waals surface area contributed by atoms with Crippen LogP contribution >= 0.6 is 27.5 Å². The third kappa shape index (κ3) is 2.43. The van der Waals surface area contributed by atoms with Crippen molar-refractivity contribution in [3.63, 3.8) is 0 Å². The number of hydrogen-bond donors (Lipinski definition) is 1. The fourth-order valence-electron chi connectivity index (χ4n) is 5.25. The summed E-state index contributed by atoms with van der Waals surface area (Å²) in [5, 5.41) is 3.78. The number of nitrogens with one attached hydrogen (secondary N) is 1. The molecule has 1 aromatic carbocycles. The molecule has 4 fully saturated rings. The first-order valence-electron chi connectivity index (χ1n) is 7.72. The molecule has 4 bridgehead atoms. The van der Waals surface area contributed by atoms with Crippen molar-refractivity contribution in [3.8, 4) is 0 Å². The normalized spacial score (nSPS) is 40.3. The molecule has 1 amide bonds. The molecule has 4 aliphatic carbocycles. The van der Waals surface area contributed by atoms with Crippen LogP contribution in [0.4, 0.5) is 5.69 Å². The van der Waals surface area contributed by atoms with Crippen LogP contribution in [0.1, 0.15) is 38.5 Å². The van der Waals surface area contributed by atoms with Crippen molar-refractivity contribution in [2.24, 2.45) is 17.3 Å². The van der Waals surface area contributed by atoms with Gasteiger partial charge in [-0.25, -0.2) is 0 Å². The van der Waals surface area contributed by atoms with Crippen LogP contribution < -0.4 is 5.32 Å². The van der Waals surface area contributed by atoms with E-state index >= 15 is 0 Å². The second kappa shape index (κ2) is 4.73. The quantitative estimate of drug-likeness (QED) is 0.730. The Balaban J connectivity index is 1.59. The first kappa shape index (κ1) is 14.1. The van der Waals surface area contributed by atoms with Gasteiger partial charge in [-0.05, 0) is 68.6 Å². The van der Waals surface area contributed by atoms with Crippen molar-refractivity contribution in [2.75, 3.05) is 5.32 Å². The summed E-state index contributed by atoms with van der Waals surface area (Å²) in [7, 11) is 0. The van der Waals surface area contributed by atoms with Gasteiger partial charge in [-0.15, -0.1) is 0 Å². The smallest absolute Gasteiger partial charge is 0.230 e. The van der Waals surface area contributed by atoms with E-state index in [1.54, 1.807) is 0 Å². The first-order chi connectivity index (χ1) is 9.96. The zero-order valence-electron chi connectivity index (χ0n) is 11.9. The summed E-state index contributed by atoms with van der Waals surface area (Å²) in [5.74, 6) is 1.63. The lowest BCUT2D eigenvalue weighted by Gasteiger charge is -2.59. The highest BCUT2D eigenvalue weighted by Gasteiger charge is 2.59. The number of carbonyl (C=O) groups is 1. The number of alkyl halides is 1. The molecule has 0 radical (unpaired) electrons. The van der Waals surface area contributed by atoms with Gasteiger partial charge < -0.3 is 5.32 Å². The maximum atomic E-state index is 12.9. The maximum Gasteiger partial charge on any atom is 0.230 e. The van der Waals surface area contributed by atoms with Crippen LogP contribution in [0, 0.1) is 17.3 Å². The molecule has 4 heteroatoms. The molecule has 21 heavy (non-hydrogen) atoms. The predicted octanol–water partition coefficient (Wildman–Crippen LogP) is 5.01. The molecule has 1 aromatic rings. The van der Waals surface area contributed by atoms with Gasteiger partial charge in [0.2, 0.25) is 5.91 Å². The molecular weight excluding hydrogens is 350 g/mol. The molecule has 4 atom stereocenters. The molecule has 2 unspecified atom stereocenters. The van der Waals surface area contributed by atoms with Gasteiger partial charge in [0.1, 0.15) is 0 Å². The van der Waals surface area contributed by atoms with Gasteiger partial charge in [0.15, 0.2) is 0 Å². The molecule has 2 nitrogen and oxygen atoms in total. The Morgan fingerprint density at radius 2 is 1.95 bits per heavy atom. The second-order valence-corrected chi connectivity index (χ2v) is 9.48. The third-order valence-corrected chi connectivity index (χ3v) is 6.72. The van der Waals surface area contributed by atoms with Crippen LogP contribution in [0.15, 0.2) is 24.3 Å². The molecule has 4 saturated carbocycles. The minimum atomic E-state index is -0.171. The van der Waals surface area contributed by atoms with E-state index in [-0.39, 0.29) is 15.6 Å². The highest BCUT2D eigenvalue weighted by molar-refractivity contribution is 9.10. The minimum Gasteiger partial charge on any atom is -0.326 e. The molecule has 112 valence electrons. The molecule has 1 N–H and O–H groups in total. The van der Waals surface area contributed by atoms with Crippen LogP contribution in [-0.4, -0.2) is 10.2 Å². The van der Waals surface area contributed by atoms with Crippen molar-refractivity contribution < 1.29 is 4.79 Å². The van der Waals surface area contributed by atoms with Crippen LogP contribution in [0.5, 0.6) is 0 Å². The van der Waals surface area contributed by atoms with Crippen LogP contribution in [0.2, 0.25) is 5.02 Å². The van der Waals surface area contributed by atoms with E-state index < -0.39 is 0 Å². The number of carbonyl (C=O) groups excluding carboxylic acids is 1. The lowest BCUT2D eigenvalue weighted by atomic mass is 9.49. The Labute approximate surface area is 138 Å². The van der Waals surface area contributed by atoms with Gasteiger partial charge >= 0.3 is 0 Å². The van der Waals surface area contributed by atoms with E-state index in [0.717, 1.165) is 36.8 Å². The Hall–Kier alpha value is -0.540. The number of hydrogen-bond acceptors (Lipinski definition) is 1. The zero-order chi connectivity index (χ0) is 14.7. The highest BCUT2D eigenvalue weighted by atomic mass is 79.9. The Morgan fingerprint density at radius 1 is 1.24 bits per heavy atom. The lowest BCUT2D eigenvalue weighted by Crippen LogP contribution is -2.57. The van der Waals surface area contributed by atoms with Gasteiger partial charge in [-0.3, -0.25) is 4.79 Å². The second-order valence-electron chi connectivity index (χ2n) is 7.36. The van der Waals surface area contributed by atoms with Crippen LogP contribution in [-0.2, 0) is 4.79 Å². The van der Waals surface area contributed by atoms with Crippen LogP contribution in [0.25, 0.3) is 0 Å². The first-order valence-corrected chi connectivity index (χ1v) is 8.90. The fraction of sp³-hybridized carbons (Fsp3) is 0.588. The van der Waals surface area contributed by atoms with Gasteiger partial charge in [0, 0.05) is 15.0 Å². The summed E-state index contributed by atoms with van der Waals surface area (Å²) in [5.41, 5.74) is 0.641. The fourth-order valence-corrected chi connectivity index (χ4v) is 6.89. The Kier molecular flexibility index (Phi) is 3.17. The minimum absolute atomic E-state index is 0.171. The summed E-state index contributed by atoms with van der Waals surface area (Å²) in [4.78, 5) is 12.9. The number of halogens is 2. The molecule has 0 saturated heterocycles. The molecule has 0 spiro atoms. The molecule has 5 rings (SSSR count). The third-order valence-electron chi connectivity index (χ3n) is 5.55. The van der Waals surface area contributed by atoms with E-state index in [1.807, 2.05) is 24.3 Å². The number of rotatable bonds is 2. The summed E-state index contributed by atoms with van der Waals surface area (Å²) in [6.07, 6.45) is 6.91. The van der Waals surface area contributed by atoms with Crippen molar-refractivity contribution in [1.82, 2.24) is 0 Å². The maximum absolute atomic E-state index is 12.9. The van der Waals surface area contributed by atoms with E-state index in [4.69, 9.17) is 11.6 Å². The van der Waals surface area contributed by atoms with Crippen molar-refractivity contribution in [1.29, 1.82) is 0 Å². The molecule has 0 heterocycles. The molecular formula is C17H19BrClNO. The topological polar surface area (TPSA) is 29.1 Å². The molecule has 4 aliphatic rings. The summed E-state index contributed by atoms with van der Waals surface area (Å²) < 4.78 is 0.211. The van der Waals surface area contributed by atoms with E-state index in [1.165, 1.54) is 19.3 Å². The standard InChI is InChI=1S/C17H19BrClNO/c18-17-8-11-4-12(9-17)7-16(6-11,10-17)15(21)20-14-3-1-2-13(19)5-14/h1-3,5,11-12H,4,6-10H2,(H,20,21)/t11-,12+,16?,17?. The summed E-state index contributed by atoms with van der Waals surface area (Å²) in [6.45, 7) is 0. The molecule has 0 aromatic heterocycles. The van der Waals surface area contributed by atoms with Gasteiger partial charge in [-0.2, -0.15) is 0 Å². The summed E-state index contributed by atoms with van der Waals surface area (Å²) in [6, 6.07) is 7.44. The van der Waals surface area contributed by atoms with E-state index in [2.05, 4.69) is 21.2 Å². The zero-order valence-corrected chi connectivity index (χ0v) is 14.2. The van der Waals surface area contributed by atoms with Gasteiger partial charge in [0.05, 0.1) is 5.41 Å². The number of amides is 1. The Bertz CT molecular complexity index is 588. The largest absolute Gasteiger partial charge is 0.326 e. The number of anilines is 1. The average molecular weight is 369 g/mol. The predicted molar refractivity (Wildman–Crippen MR) is 88.9 cm³/mol. The SMILES string of the molecule is O=C(Nc1cccc(Cl)c1)C12C[C@@H]3C[C@@H](CC(Br)(C3)C1)C2. The average Bonchev–Trinajstić information content (AvgIpc) is 2.35. The van der Waals surface area contributed by atoms with Crippen molar-refractivity contribution in [3.05, 3.63) is 29.3 Å². The monoisotopic (exact) mass is 367 g/mol. The van der Waals surface area contributed by atoms with Crippen molar-refractivity contribution >= 4 is 39.1 Å². The van der Waals surface area contributed by atoms with E-state index in [9.17, 15) is 4.79 Å². The summed E-state index contributed by atoms with van der Waals surface area (Å²) >= 11 is 9.97. The molecule has 0 aliphatic heterocycles. The van der Waals surface area contributed by atoms with E-state index in [0.29, 0.717) is 5.02 Å². The Morgan fingerprint density at radius 3 is 2.57 bits per heavy atom. The highest BCUT2D eigenvalue weighted by Crippen LogP contribution is 2.64. The van der Waals surface area contributed by atoms with Gasteiger partial charge in [0.25, 0.3) is 0 Å².